The maximum absolute atomic E-state index is 14.2. The molecule has 2 heterocycles. The molecule has 2 aliphatic rings. The van der Waals surface area contributed by atoms with Crippen LogP contribution in [0.3, 0.4) is 0 Å². The summed E-state index contributed by atoms with van der Waals surface area (Å²) in [5.74, 6) is 0.696. The normalized spacial score (nSPS) is 17.1. The summed E-state index contributed by atoms with van der Waals surface area (Å²) >= 11 is 2.12. The summed E-state index contributed by atoms with van der Waals surface area (Å²) in [6.45, 7) is 3.13. The van der Waals surface area contributed by atoms with Crippen molar-refractivity contribution < 1.29 is 13.9 Å². The fourth-order valence-electron chi connectivity index (χ4n) is 4.14. The Morgan fingerprint density at radius 2 is 2.18 bits per heavy atom. The predicted octanol–water partition coefficient (Wildman–Crippen LogP) is 3.93. The van der Waals surface area contributed by atoms with E-state index in [1.165, 1.54) is 37.5 Å². The molecule has 0 spiro atoms. The molecular weight excluding hydrogens is 550 g/mol. The maximum Gasteiger partial charge on any atom is 0.254 e. The van der Waals surface area contributed by atoms with Crippen LogP contribution in [0.1, 0.15) is 48.2 Å². The predicted molar refractivity (Wildman–Crippen MR) is 137 cm³/mol. The SMILES string of the molecule is C[C@@H](Oc1cc(I)cnc1N)c1cc(F)ccc1C(=O)N(C)CC1=CN(CC2CCC2)N(C)N1. The Balaban J connectivity index is 1.48. The molecule has 182 valence electrons. The number of nitrogens with two attached hydrogens (primary N) is 1. The van der Waals surface area contributed by atoms with Crippen molar-refractivity contribution in [3.05, 3.63) is 62.9 Å². The van der Waals surface area contributed by atoms with E-state index in [0.29, 0.717) is 23.4 Å². The van der Waals surface area contributed by atoms with Gasteiger partial charge in [0, 0.05) is 47.7 Å². The second-order valence-corrected chi connectivity index (χ2v) is 10.1. The molecule has 0 radical (unpaired) electrons. The van der Waals surface area contributed by atoms with Crippen LogP contribution in [0.15, 0.2) is 42.4 Å². The molecule has 1 aliphatic carbocycles. The van der Waals surface area contributed by atoms with Crippen LogP contribution in [-0.2, 0) is 0 Å². The quantitative estimate of drug-likeness (QED) is 0.458. The van der Waals surface area contributed by atoms with Crippen LogP contribution in [0.25, 0.3) is 0 Å². The van der Waals surface area contributed by atoms with Crippen molar-refractivity contribution in [3.63, 3.8) is 0 Å². The first-order chi connectivity index (χ1) is 16.2. The van der Waals surface area contributed by atoms with Crippen LogP contribution < -0.4 is 15.9 Å². The first kappa shape index (κ1) is 24.5. The van der Waals surface area contributed by atoms with Gasteiger partial charge < -0.3 is 20.8 Å². The van der Waals surface area contributed by atoms with E-state index in [0.717, 1.165) is 21.7 Å². The molecule has 0 saturated heterocycles. The minimum Gasteiger partial charge on any atom is -0.482 e. The number of amides is 1. The van der Waals surface area contributed by atoms with Crippen LogP contribution >= 0.6 is 22.6 Å². The number of pyridine rings is 1. The molecule has 0 unspecified atom stereocenters. The molecule has 10 heteroatoms. The number of hydrogen-bond acceptors (Lipinski definition) is 7. The van der Waals surface area contributed by atoms with E-state index < -0.39 is 11.9 Å². The highest BCUT2D eigenvalue weighted by Gasteiger charge is 2.27. The van der Waals surface area contributed by atoms with Crippen molar-refractivity contribution in [1.29, 1.82) is 0 Å². The number of benzene rings is 1. The van der Waals surface area contributed by atoms with Crippen LogP contribution in [-0.4, -0.2) is 53.1 Å². The van der Waals surface area contributed by atoms with E-state index in [9.17, 15) is 9.18 Å². The molecule has 1 fully saturated rings. The molecule has 1 aliphatic heterocycles. The number of carbonyl (C=O) groups excluding carboxylic acids is 1. The summed E-state index contributed by atoms with van der Waals surface area (Å²) in [7, 11) is 3.70. The molecule has 34 heavy (non-hydrogen) atoms. The van der Waals surface area contributed by atoms with Crippen molar-refractivity contribution in [2.75, 3.05) is 32.9 Å². The molecule has 8 nitrogen and oxygen atoms in total. The fraction of sp³-hybridized carbons (Fsp3) is 0.417. The van der Waals surface area contributed by atoms with Gasteiger partial charge in [-0.3, -0.25) is 9.80 Å². The monoisotopic (exact) mass is 580 g/mol. The van der Waals surface area contributed by atoms with Crippen LogP contribution in [0.4, 0.5) is 10.2 Å². The van der Waals surface area contributed by atoms with Crippen molar-refractivity contribution >= 4 is 34.3 Å². The molecule has 1 atom stereocenters. The summed E-state index contributed by atoms with van der Waals surface area (Å²) in [4.78, 5) is 19.1. The molecule has 3 N–H and O–H groups in total. The molecule has 4 rings (SSSR count). The summed E-state index contributed by atoms with van der Waals surface area (Å²) < 4.78 is 21.0. The Morgan fingerprint density at radius 1 is 1.41 bits per heavy atom. The molecule has 1 aromatic heterocycles. The molecule has 2 aromatic rings. The fourth-order valence-corrected chi connectivity index (χ4v) is 4.56. The second-order valence-electron chi connectivity index (χ2n) is 8.90. The Bertz CT molecular complexity index is 1090. The Labute approximate surface area is 213 Å². The average Bonchev–Trinajstić information content (AvgIpc) is 3.11. The Morgan fingerprint density at radius 3 is 2.88 bits per heavy atom. The van der Waals surface area contributed by atoms with Crippen molar-refractivity contribution in [2.24, 2.45) is 5.92 Å². The van der Waals surface area contributed by atoms with Crippen molar-refractivity contribution in [2.45, 2.75) is 32.3 Å². The smallest absolute Gasteiger partial charge is 0.254 e. The highest BCUT2D eigenvalue weighted by molar-refractivity contribution is 14.1. The minimum atomic E-state index is -0.613. The van der Waals surface area contributed by atoms with Gasteiger partial charge in [-0.25, -0.2) is 9.37 Å². The van der Waals surface area contributed by atoms with E-state index >= 15 is 0 Å². The van der Waals surface area contributed by atoms with Crippen LogP contribution in [0, 0.1) is 15.3 Å². The zero-order chi connectivity index (χ0) is 24.4. The maximum atomic E-state index is 14.2. The summed E-state index contributed by atoms with van der Waals surface area (Å²) in [6, 6.07) is 5.89. The van der Waals surface area contributed by atoms with Gasteiger partial charge in [0.25, 0.3) is 5.91 Å². The first-order valence-corrected chi connectivity index (χ1v) is 12.4. The zero-order valence-corrected chi connectivity index (χ0v) is 21.8. The molecule has 1 aromatic carbocycles. The van der Waals surface area contributed by atoms with Gasteiger partial charge in [0.1, 0.15) is 11.9 Å². The average molecular weight is 580 g/mol. The van der Waals surface area contributed by atoms with Gasteiger partial charge in [-0.15, -0.1) is 5.12 Å². The largest absolute Gasteiger partial charge is 0.482 e. The van der Waals surface area contributed by atoms with Gasteiger partial charge in [0.05, 0.1) is 12.2 Å². The number of hydrazine groups is 2. The van der Waals surface area contributed by atoms with Gasteiger partial charge in [-0.2, -0.15) is 0 Å². The van der Waals surface area contributed by atoms with E-state index in [1.54, 1.807) is 31.1 Å². The lowest BCUT2D eigenvalue weighted by Gasteiger charge is -2.33. The highest BCUT2D eigenvalue weighted by Crippen LogP contribution is 2.30. The number of anilines is 1. The van der Waals surface area contributed by atoms with Gasteiger partial charge in [-0.05, 0) is 72.5 Å². The van der Waals surface area contributed by atoms with Gasteiger partial charge in [0.2, 0.25) is 0 Å². The Kier molecular flexibility index (Phi) is 7.46. The van der Waals surface area contributed by atoms with Gasteiger partial charge >= 0.3 is 0 Å². The lowest BCUT2D eigenvalue weighted by molar-refractivity contribution is 0.0103. The van der Waals surface area contributed by atoms with Crippen LogP contribution in [0.2, 0.25) is 0 Å². The van der Waals surface area contributed by atoms with Crippen LogP contribution in [0.5, 0.6) is 5.75 Å². The number of ether oxygens (including phenoxy) is 1. The summed E-state index contributed by atoms with van der Waals surface area (Å²) in [6.07, 6.45) is 6.91. The zero-order valence-electron chi connectivity index (χ0n) is 19.6. The molecular formula is C24H30FIN6O2. The number of halogens is 2. The molecule has 1 saturated carbocycles. The third-order valence-electron chi connectivity index (χ3n) is 6.25. The van der Waals surface area contributed by atoms with Crippen molar-refractivity contribution in [3.8, 4) is 5.75 Å². The number of nitrogen functional groups attached to an aromatic ring is 1. The third-order valence-corrected chi connectivity index (χ3v) is 6.84. The topological polar surface area (TPSA) is 87.0 Å². The minimum absolute atomic E-state index is 0.220. The van der Waals surface area contributed by atoms with Crippen molar-refractivity contribution in [1.82, 2.24) is 25.4 Å². The van der Waals surface area contributed by atoms with E-state index in [-0.39, 0.29) is 11.7 Å². The van der Waals surface area contributed by atoms with E-state index in [2.05, 4.69) is 38.0 Å². The number of carbonyl (C=O) groups is 1. The number of nitrogens with one attached hydrogen (secondary N) is 1. The van der Waals surface area contributed by atoms with E-state index in [4.69, 9.17) is 10.5 Å². The number of rotatable bonds is 8. The summed E-state index contributed by atoms with van der Waals surface area (Å²) in [5, 5.41) is 4.10. The summed E-state index contributed by atoms with van der Waals surface area (Å²) in [5.41, 5.74) is 11.0. The third kappa shape index (κ3) is 5.54. The van der Waals surface area contributed by atoms with Gasteiger partial charge in [-0.1, -0.05) is 6.42 Å². The lowest BCUT2D eigenvalue weighted by Crippen LogP contribution is -2.43. The molecule has 1 amide bonds. The standard InChI is InChI=1S/C24H30FIN6O2/c1-15(34-22-10-18(26)11-28-23(22)27)21-9-17(25)7-8-20(21)24(33)30(2)13-19-14-32(31(3)29-19)12-16-5-4-6-16/h7-11,14-16,29H,4-6,12-13H2,1-3H3,(H2,27,28)/t15-/m1/s1. The Hall–Kier alpha value is -2.60. The first-order valence-electron chi connectivity index (χ1n) is 11.3. The number of nitrogens with zero attached hydrogens (tertiary/aromatic N) is 4. The van der Waals surface area contributed by atoms with Gasteiger partial charge in [0.15, 0.2) is 11.6 Å². The highest BCUT2D eigenvalue weighted by atomic mass is 127. The second kappa shape index (κ2) is 10.3. The number of hydrogen-bond donors (Lipinski definition) is 2. The lowest BCUT2D eigenvalue weighted by atomic mass is 9.85. The van der Waals surface area contributed by atoms with E-state index in [1.807, 2.05) is 18.4 Å². The number of likely N-dealkylation sites (N-methyl/N-ethyl adjacent to an activating group) is 1. The number of aromatic nitrogens is 1. The molecule has 0 bridgehead atoms.